The van der Waals surface area contributed by atoms with Gasteiger partial charge in [0.25, 0.3) is 0 Å². The van der Waals surface area contributed by atoms with E-state index in [0.29, 0.717) is 30.3 Å². The Morgan fingerprint density at radius 2 is 1.46 bits per heavy atom. The fourth-order valence-corrected chi connectivity index (χ4v) is 2.63. The number of rotatable bonds is 8. The molecule has 0 unspecified atom stereocenters. The monoisotopic (exact) mass is 348 g/mol. The molecule has 0 saturated heterocycles. The highest BCUT2D eigenvalue weighted by Gasteiger charge is 2.07. The number of hydrogen-bond donors (Lipinski definition) is 0. The Morgan fingerprint density at radius 1 is 0.769 bits per heavy atom. The number of ether oxygens (including phenoxy) is 3. The van der Waals surface area contributed by atoms with Gasteiger partial charge >= 0.3 is 0 Å². The van der Waals surface area contributed by atoms with Gasteiger partial charge in [-0.1, -0.05) is 48.5 Å². The Labute approximate surface area is 153 Å². The summed E-state index contributed by atoms with van der Waals surface area (Å²) in [6.07, 6.45) is 0.777. The minimum Gasteiger partial charge on any atom is -0.493 e. The molecule has 0 atom stereocenters. The molecule has 4 heteroatoms. The van der Waals surface area contributed by atoms with Crippen LogP contribution in [0.5, 0.6) is 17.2 Å². The molecule has 4 nitrogen and oxygen atoms in total. The van der Waals surface area contributed by atoms with Crippen molar-refractivity contribution in [1.29, 1.82) is 0 Å². The fraction of sp³-hybridized carbons (Fsp3) is 0.136. The number of hydrogen-bond acceptors (Lipinski definition) is 4. The number of aldehydes is 1. The van der Waals surface area contributed by atoms with Crippen molar-refractivity contribution in [3.05, 3.63) is 78.4 Å². The largest absolute Gasteiger partial charge is 0.493 e. The summed E-state index contributed by atoms with van der Waals surface area (Å²) in [5, 5.41) is 0. The molecule has 0 aliphatic carbocycles. The van der Waals surface area contributed by atoms with Crippen molar-refractivity contribution in [3.8, 4) is 28.4 Å². The molecule has 0 bridgehead atoms. The summed E-state index contributed by atoms with van der Waals surface area (Å²) in [5.41, 5.74) is 2.68. The highest BCUT2D eigenvalue weighted by Crippen LogP contribution is 2.30. The van der Waals surface area contributed by atoms with Gasteiger partial charge in [-0.25, -0.2) is 0 Å². The Kier molecular flexibility index (Phi) is 5.88. The smallest absolute Gasteiger partial charge is 0.162 e. The second-order valence-electron chi connectivity index (χ2n) is 5.59. The zero-order chi connectivity index (χ0) is 18.2. The summed E-state index contributed by atoms with van der Waals surface area (Å²) in [6, 6.07) is 23.0. The molecule has 3 aromatic carbocycles. The van der Waals surface area contributed by atoms with Gasteiger partial charge in [0.2, 0.25) is 0 Å². The van der Waals surface area contributed by atoms with Gasteiger partial charge in [0, 0.05) is 11.1 Å². The molecule has 0 fully saturated rings. The maximum Gasteiger partial charge on any atom is 0.162 e. The van der Waals surface area contributed by atoms with Crippen molar-refractivity contribution in [3.63, 3.8) is 0 Å². The topological polar surface area (TPSA) is 44.8 Å². The van der Waals surface area contributed by atoms with Gasteiger partial charge in [-0.3, -0.25) is 4.79 Å². The number of carbonyl (C=O) groups excluding carboxylic acids is 1. The standard InChI is InChI=1S/C22H20O4/c1-24-21-12-11-17(16-23)15-22(21)26-14-13-25-20-10-6-5-9-19(20)18-7-3-2-4-8-18/h2-12,15-16H,13-14H2,1H3. The maximum absolute atomic E-state index is 10.9. The Bertz CT molecular complexity index is 859. The zero-order valence-electron chi connectivity index (χ0n) is 14.6. The van der Waals surface area contributed by atoms with E-state index in [0.717, 1.165) is 23.2 Å². The second kappa shape index (κ2) is 8.72. The average molecular weight is 348 g/mol. The average Bonchev–Trinajstić information content (AvgIpc) is 2.72. The Hall–Kier alpha value is -3.27. The van der Waals surface area contributed by atoms with E-state index < -0.39 is 0 Å². The third-order valence-electron chi connectivity index (χ3n) is 3.89. The van der Waals surface area contributed by atoms with Crippen LogP contribution in [-0.4, -0.2) is 26.6 Å². The number of benzene rings is 3. The van der Waals surface area contributed by atoms with Crippen molar-refractivity contribution < 1.29 is 19.0 Å². The van der Waals surface area contributed by atoms with Crippen LogP contribution in [0.1, 0.15) is 10.4 Å². The van der Waals surface area contributed by atoms with Gasteiger partial charge in [0.05, 0.1) is 7.11 Å². The van der Waals surface area contributed by atoms with E-state index in [4.69, 9.17) is 14.2 Å². The SMILES string of the molecule is COc1ccc(C=O)cc1OCCOc1ccccc1-c1ccccc1. The van der Waals surface area contributed by atoms with E-state index in [1.54, 1.807) is 25.3 Å². The van der Waals surface area contributed by atoms with Gasteiger partial charge < -0.3 is 14.2 Å². The summed E-state index contributed by atoms with van der Waals surface area (Å²) >= 11 is 0. The predicted octanol–water partition coefficient (Wildman–Crippen LogP) is 4.63. The van der Waals surface area contributed by atoms with Crippen molar-refractivity contribution >= 4 is 6.29 Å². The minimum atomic E-state index is 0.335. The van der Waals surface area contributed by atoms with E-state index in [9.17, 15) is 4.79 Å². The lowest BCUT2D eigenvalue weighted by Crippen LogP contribution is -2.10. The van der Waals surface area contributed by atoms with Crippen LogP contribution in [0.3, 0.4) is 0 Å². The quantitative estimate of drug-likeness (QED) is 0.440. The minimum absolute atomic E-state index is 0.335. The molecule has 0 aromatic heterocycles. The van der Waals surface area contributed by atoms with Crippen LogP contribution in [0.15, 0.2) is 72.8 Å². The summed E-state index contributed by atoms with van der Waals surface area (Å²) < 4.78 is 16.9. The molecule has 0 spiro atoms. The van der Waals surface area contributed by atoms with E-state index in [-0.39, 0.29) is 0 Å². The summed E-state index contributed by atoms with van der Waals surface area (Å²) in [5.74, 6) is 1.91. The lowest BCUT2D eigenvalue weighted by molar-refractivity contribution is 0.112. The van der Waals surface area contributed by atoms with Gasteiger partial charge in [-0.2, -0.15) is 0 Å². The first-order chi connectivity index (χ1) is 12.8. The van der Waals surface area contributed by atoms with Crippen LogP contribution in [0.2, 0.25) is 0 Å². The molecule has 0 N–H and O–H groups in total. The summed E-state index contributed by atoms with van der Waals surface area (Å²) in [4.78, 5) is 10.9. The third-order valence-corrected chi connectivity index (χ3v) is 3.89. The van der Waals surface area contributed by atoms with Crippen molar-refractivity contribution in [2.45, 2.75) is 0 Å². The van der Waals surface area contributed by atoms with Crippen molar-refractivity contribution in [2.24, 2.45) is 0 Å². The number of para-hydroxylation sites is 1. The molecular formula is C22H20O4. The van der Waals surface area contributed by atoms with Crippen LogP contribution in [0, 0.1) is 0 Å². The van der Waals surface area contributed by atoms with Crippen LogP contribution >= 0.6 is 0 Å². The maximum atomic E-state index is 10.9. The fourth-order valence-electron chi connectivity index (χ4n) is 2.63. The highest BCUT2D eigenvalue weighted by atomic mass is 16.5. The Morgan fingerprint density at radius 3 is 2.19 bits per heavy atom. The van der Waals surface area contributed by atoms with Gasteiger partial charge in [-0.05, 0) is 29.8 Å². The normalized spacial score (nSPS) is 10.2. The molecule has 3 rings (SSSR count). The molecule has 0 aliphatic rings. The van der Waals surface area contributed by atoms with Crippen molar-refractivity contribution in [2.75, 3.05) is 20.3 Å². The first-order valence-corrected chi connectivity index (χ1v) is 8.35. The molecule has 0 saturated carbocycles. The summed E-state index contributed by atoms with van der Waals surface area (Å²) in [6.45, 7) is 0.708. The third kappa shape index (κ3) is 4.22. The van der Waals surface area contributed by atoms with Crippen LogP contribution in [0.25, 0.3) is 11.1 Å². The van der Waals surface area contributed by atoms with E-state index in [2.05, 4.69) is 12.1 Å². The number of methoxy groups -OCH3 is 1. The zero-order valence-corrected chi connectivity index (χ0v) is 14.6. The molecule has 0 heterocycles. The summed E-state index contributed by atoms with van der Waals surface area (Å²) in [7, 11) is 1.56. The molecule has 0 radical (unpaired) electrons. The predicted molar refractivity (Wildman–Crippen MR) is 101 cm³/mol. The lowest BCUT2D eigenvalue weighted by atomic mass is 10.1. The first-order valence-electron chi connectivity index (χ1n) is 8.35. The van der Waals surface area contributed by atoms with E-state index in [1.807, 2.05) is 42.5 Å². The first kappa shape index (κ1) is 17.5. The lowest BCUT2D eigenvalue weighted by Gasteiger charge is -2.14. The van der Waals surface area contributed by atoms with Crippen LogP contribution in [0.4, 0.5) is 0 Å². The van der Waals surface area contributed by atoms with Gasteiger partial charge in [0.1, 0.15) is 25.2 Å². The van der Waals surface area contributed by atoms with Crippen LogP contribution in [-0.2, 0) is 0 Å². The van der Waals surface area contributed by atoms with E-state index >= 15 is 0 Å². The van der Waals surface area contributed by atoms with Crippen LogP contribution < -0.4 is 14.2 Å². The van der Waals surface area contributed by atoms with Gasteiger partial charge in [0.15, 0.2) is 11.5 Å². The molecule has 132 valence electrons. The van der Waals surface area contributed by atoms with Crippen molar-refractivity contribution in [1.82, 2.24) is 0 Å². The molecular weight excluding hydrogens is 328 g/mol. The Balaban J connectivity index is 1.64. The highest BCUT2D eigenvalue weighted by molar-refractivity contribution is 5.76. The molecule has 3 aromatic rings. The molecule has 0 amide bonds. The number of carbonyl (C=O) groups is 1. The second-order valence-corrected chi connectivity index (χ2v) is 5.59. The molecule has 0 aliphatic heterocycles. The van der Waals surface area contributed by atoms with E-state index in [1.165, 1.54) is 0 Å². The van der Waals surface area contributed by atoms with Gasteiger partial charge in [-0.15, -0.1) is 0 Å². The molecule has 26 heavy (non-hydrogen) atoms.